The van der Waals surface area contributed by atoms with Crippen molar-refractivity contribution in [3.05, 3.63) is 52.0 Å². The number of alkyl halides is 1. The third-order valence-corrected chi connectivity index (χ3v) is 3.90. The molecule has 0 amide bonds. The van der Waals surface area contributed by atoms with E-state index in [-0.39, 0.29) is 34.2 Å². The molecule has 0 aliphatic heterocycles. The zero-order valence-corrected chi connectivity index (χ0v) is 13.1. The van der Waals surface area contributed by atoms with E-state index in [1.54, 1.807) is 30.3 Å². The summed E-state index contributed by atoms with van der Waals surface area (Å²) in [6.45, 7) is -0.359. The average molecular weight is 368 g/mol. The van der Waals surface area contributed by atoms with Crippen LogP contribution in [0.15, 0.2) is 35.7 Å². The van der Waals surface area contributed by atoms with Gasteiger partial charge in [0.15, 0.2) is 23.1 Å². The highest BCUT2D eigenvalue weighted by atomic mass is 79.9. The molecule has 2 aromatic rings. The highest BCUT2D eigenvalue weighted by Crippen LogP contribution is 2.12. The Morgan fingerprint density at radius 2 is 1.86 bits per heavy atom. The molecular formula is C14H10BrNO4S. The first-order valence-electron chi connectivity index (χ1n) is 5.92. The number of Topliss-reactive ketones (excluding diaryl/α,β-unsaturated/α-hetero) is 2. The van der Waals surface area contributed by atoms with Crippen LogP contribution in [-0.4, -0.2) is 34.5 Å². The molecule has 21 heavy (non-hydrogen) atoms. The van der Waals surface area contributed by atoms with E-state index in [0.717, 1.165) is 11.3 Å². The Morgan fingerprint density at radius 3 is 2.52 bits per heavy atom. The second-order valence-electron chi connectivity index (χ2n) is 3.96. The van der Waals surface area contributed by atoms with Crippen molar-refractivity contribution >= 4 is 44.8 Å². The van der Waals surface area contributed by atoms with Gasteiger partial charge in [0.05, 0.1) is 5.33 Å². The summed E-state index contributed by atoms with van der Waals surface area (Å²) in [5.41, 5.74) is 0.504. The minimum absolute atomic E-state index is 0.0326. The van der Waals surface area contributed by atoms with Gasteiger partial charge in [0, 0.05) is 10.9 Å². The number of hydrogen-bond donors (Lipinski definition) is 0. The summed E-state index contributed by atoms with van der Waals surface area (Å²) in [4.78, 5) is 38.8. The number of rotatable bonds is 6. The summed E-state index contributed by atoms with van der Waals surface area (Å²) in [7, 11) is 0. The molecule has 0 spiro atoms. The Bertz CT molecular complexity index is 669. The van der Waals surface area contributed by atoms with Crippen molar-refractivity contribution in [1.82, 2.24) is 4.98 Å². The lowest BCUT2D eigenvalue weighted by Crippen LogP contribution is -2.14. The first-order chi connectivity index (χ1) is 10.1. The smallest absolute Gasteiger partial charge is 0.358 e. The first-order valence-corrected chi connectivity index (χ1v) is 7.92. The van der Waals surface area contributed by atoms with Crippen molar-refractivity contribution < 1.29 is 19.1 Å². The Kier molecular flexibility index (Phi) is 5.35. The van der Waals surface area contributed by atoms with Crippen molar-refractivity contribution in [3.8, 4) is 0 Å². The summed E-state index contributed by atoms with van der Waals surface area (Å²) in [5, 5.41) is 1.81. The molecule has 0 saturated carbocycles. The predicted octanol–water partition coefficient (Wildman–Crippen LogP) is 2.76. The number of halogens is 1. The number of thiazole rings is 1. The molecule has 5 nitrogen and oxygen atoms in total. The van der Waals surface area contributed by atoms with Crippen molar-refractivity contribution in [2.24, 2.45) is 0 Å². The minimum Gasteiger partial charge on any atom is -0.453 e. The van der Waals surface area contributed by atoms with Gasteiger partial charge >= 0.3 is 5.97 Å². The summed E-state index contributed by atoms with van der Waals surface area (Å²) < 4.78 is 4.90. The molecule has 0 aliphatic rings. The van der Waals surface area contributed by atoms with Crippen LogP contribution < -0.4 is 0 Å². The molecule has 0 radical (unpaired) electrons. The van der Waals surface area contributed by atoms with E-state index in [1.165, 1.54) is 5.38 Å². The number of nitrogens with zero attached hydrogens (tertiary/aromatic N) is 1. The van der Waals surface area contributed by atoms with E-state index in [0.29, 0.717) is 5.56 Å². The number of benzene rings is 1. The Balaban J connectivity index is 1.94. The number of carbonyl (C=O) groups excluding carboxylic acids is 3. The molecule has 108 valence electrons. The summed E-state index contributed by atoms with van der Waals surface area (Å²) in [5.74, 6) is -1.22. The SMILES string of the molecule is O=C(COC(=O)c1csc(C(=O)CBr)n1)c1ccccc1. The van der Waals surface area contributed by atoms with Crippen molar-refractivity contribution in [1.29, 1.82) is 0 Å². The normalized spacial score (nSPS) is 10.1. The molecule has 0 saturated heterocycles. The molecule has 0 aliphatic carbocycles. The Morgan fingerprint density at radius 1 is 1.14 bits per heavy atom. The van der Waals surface area contributed by atoms with Gasteiger partial charge in [-0.05, 0) is 0 Å². The second-order valence-corrected chi connectivity index (χ2v) is 5.38. The summed E-state index contributed by atoms with van der Waals surface area (Å²) in [6.07, 6.45) is 0. The van der Waals surface area contributed by atoms with E-state index in [9.17, 15) is 14.4 Å². The average Bonchev–Trinajstić information content (AvgIpc) is 3.02. The third-order valence-electron chi connectivity index (χ3n) is 2.50. The van der Waals surface area contributed by atoms with Gasteiger partial charge in [0.25, 0.3) is 0 Å². The summed E-state index contributed by atoms with van der Waals surface area (Å²) in [6, 6.07) is 8.54. The molecule has 0 atom stereocenters. The molecular weight excluding hydrogens is 358 g/mol. The number of hydrogen-bond acceptors (Lipinski definition) is 6. The second kappa shape index (κ2) is 7.24. The third kappa shape index (κ3) is 4.05. The highest BCUT2D eigenvalue weighted by Gasteiger charge is 2.17. The molecule has 1 aromatic heterocycles. The fraction of sp³-hybridized carbons (Fsp3) is 0.143. The zero-order valence-electron chi connectivity index (χ0n) is 10.7. The van der Waals surface area contributed by atoms with Crippen LogP contribution in [-0.2, 0) is 4.74 Å². The van der Waals surface area contributed by atoms with Gasteiger partial charge in [-0.2, -0.15) is 0 Å². The van der Waals surface area contributed by atoms with Crippen LogP contribution in [0, 0.1) is 0 Å². The highest BCUT2D eigenvalue weighted by molar-refractivity contribution is 9.09. The van der Waals surface area contributed by atoms with Crippen LogP contribution in [0.4, 0.5) is 0 Å². The number of ketones is 2. The Hall–Kier alpha value is -1.86. The standard InChI is InChI=1S/C14H10BrNO4S/c15-6-11(17)13-16-10(8-21-13)14(19)20-7-12(18)9-4-2-1-3-5-9/h1-5,8H,6-7H2. The molecule has 0 unspecified atom stereocenters. The van der Waals surface area contributed by atoms with Crippen molar-refractivity contribution in [2.75, 3.05) is 11.9 Å². The molecule has 1 aromatic carbocycles. The van der Waals surface area contributed by atoms with Gasteiger partial charge in [-0.15, -0.1) is 11.3 Å². The van der Waals surface area contributed by atoms with Gasteiger partial charge in [-0.1, -0.05) is 46.3 Å². The largest absolute Gasteiger partial charge is 0.453 e. The lowest BCUT2D eigenvalue weighted by Gasteiger charge is -2.02. The lowest BCUT2D eigenvalue weighted by molar-refractivity contribution is 0.0469. The molecule has 2 rings (SSSR count). The fourth-order valence-electron chi connectivity index (χ4n) is 1.47. The maximum Gasteiger partial charge on any atom is 0.358 e. The van der Waals surface area contributed by atoms with Gasteiger partial charge in [0.1, 0.15) is 0 Å². The topological polar surface area (TPSA) is 73.3 Å². The number of esters is 1. The fourth-order valence-corrected chi connectivity index (χ4v) is 2.64. The molecule has 0 bridgehead atoms. The first kappa shape index (κ1) is 15.5. The molecule has 1 heterocycles. The quantitative estimate of drug-likeness (QED) is 0.445. The van der Waals surface area contributed by atoms with Crippen LogP contribution >= 0.6 is 27.3 Å². The van der Waals surface area contributed by atoms with E-state index >= 15 is 0 Å². The van der Waals surface area contributed by atoms with E-state index in [4.69, 9.17) is 4.74 Å². The number of ether oxygens (including phenoxy) is 1. The maximum absolute atomic E-state index is 11.8. The van der Waals surface area contributed by atoms with Crippen LogP contribution in [0.25, 0.3) is 0 Å². The van der Waals surface area contributed by atoms with Crippen molar-refractivity contribution in [2.45, 2.75) is 0 Å². The zero-order chi connectivity index (χ0) is 15.2. The van der Waals surface area contributed by atoms with Crippen LogP contribution in [0.1, 0.15) is 30.6 Å². The minimum atomic E-state index is -0.718. The van der Waals surface area contributed by atoms with E-state index < -0.39 is 5.97 Å². The number of aromatic nitrogens is 1. The van der Waals surface area contributed by atoms with E-state index in [2.05, 4.69) is 20.9 Å². The van der Waals surface area contributed by atoms with Gasteiger partial charge in [0.2, 0.25) is 5.78 Å². The van der Waals surface area contributed by atoms with Gasteiger partial charge < -0.3 is 4.74 Å². The monoisotopic (exact) mass is 367 g/mol. The van der Waals surface area contributed by atoms with Crippen molar-refractivity contribution in [3.63, 3.8) is 0 Å². The van der Waals surface area contributed by atoms with Crippen LogP contribution in [0.5, 0.6) is 0 Å². The number of carbonyl (C=O) groups is 3. The lowest BCUT2D eigenvalue weighted by atomic mass is 10.1. The maximum atomic E-state index is 11.8. The van der Waals surface area contributed by atoms with Crippen LogP contribution in [0.2, 0.25) is 0 Å². The van der Waals surface area contributed by atoms with Crippen LogP contribution in [0.3, 0.4) is 0 Å². The van der Waals surface area contributed by atoms with Gasteiger partial charge in [-0.25, -0.2) is 9.78 Å². The molecule has 0 fully saturated rings. The molecule has 7 heteroatoms. The predicted molar refractivity (Wildman–Crippen MR) is 81.3 cm³/mol. The Labute approximate surface area is 133 Å². The molecule has 0 N–H and O–H groups in total. The van der Waals surface area contributed by atoms with Gasteiger partial charge in [-0.3, -0.25) is 9.59 Å². The summed E-state index contributed by atoms with van der Waals surface area (Å²) >= 11 is 4.09. The van der Waals surface area contributed by atoms with E-state index in [1.807, 2.05) is 0 Å².